The van der Waals surface area contributed by atoms with E-state index >= 15 is 0 Å². The normalized spacial score (nSPS) is 17.0. The van der Waals surface area contributed by atoms with Crippen LogP contribution in [0.15, 0.2) is 30.3 Å². The summed E-state index contributed by atoms with van der Waals surface area (Å²) in [5.41, 5.74) is 1.21. The lowest BCUT2D eigenvalue weighted by Gasteiger charge is -2.24. The van der Waals surface area contributed by atoms with Gasteiger partial charge in [-0.15, -0.1) is 0 Å². The minimum atomic E-state index is -0.796. The summed E-state index contributed by atoms with van der Waals surface area (Å²) in [6, 6.07) is 10.4. The highest BCUT2D eigenvalue weighted by Crippen LogP contribution is 2.21. The molecule has 1 rings (SSSR count). The van der Waals surface area contributed by atoms with Crippen molar-refractivity contribution in [3.05, 3.63) is 35.9 Å². The van der Waals surface area contributed by atoms with E-state index in [1.165, 1.54) is 5.56 Å². The van der Waals surface area contributed by atoms with E-state index in [4.69, 9.17) is 0 Å². The van der Waals surface area contributed by atoms with Gasteiger partial charge in [-0.3, -0.25) is 4.21 Å². The maximum atomic E-state index is 11.6. The van der Waals surface area contributed by atoms with Crippen molar-refractivity contribution in [2.75, 3.05) is 13.3 Å². The minimum Gasteiger partial charge on any atom is -0.312 e. The van der Waals surface area contributed by atoms with Crippen LogP contribution in [0, 0.1) is 0 Å². The fourth-order valence-corrected chi connectivity index (χ4v) is 3.04. The molecule has 1 aromatic carbocycles. The highest BCUT2D eigenvalue weighted by Gasteiger charge is 2.22. The summed E-state index contributed by atoms with van der Waals surface area (Å²) in [5, 5.41) is 3.44. The SMILES string of the molecule is CCC(C(NC)c1ccccc1)S(C)=O. The molecule has 0 saturated carbocycles. The molecule has 3 unspecified atom stereocenters. The Morgan fingerprint density at radius 1 is 1.33 bits per heavy atom. The maximum Gasteiger partial charge on any atom is 0.0537 e. The number of hydrogen-bond donors (Lipinski definition) is 1. The quantitative estimate of drug-likeness (QED) is 0.831. The van der Waals surface area contributed by atoms with E-state index in [-0.39, 0.29) is 11.3 Å². The molecule has 0 fully saturated rings. The Bertz CT molecular complexity index is 313. The van der Waals surface area contributed by atoms with Gasteiger partial charge in [0.15, 0.2) is 0 Å². The van der Waals surface area contributed by atoms with Crippen LogP contribution in [0.25, 0.3) is 0 Å². The van der Waals surface area contributed by atoms with Crippen LogP contribution in [0.1, 0.15) is 24.9 Å². The molecule has 1 aromatic rings. The average Bonchev–Trinajstić information content (AvgIpc) is 2.26. The van der Waals surface area contributed by atoms with Gasteiger partial charge in [0.1, 0.15) is 0 Å². The molecule has 2 nitrogen and oxygen atoms in total. The fraction of sp³-hybridized carbons (Fsp3) is 0.500. The number of rotatable bonds is 5. The van der Waals surface area contributed by atoms with Crippen LogP contribution < -0.4 is 5.32 Å². The number of hydrogen-bond acceptors (Lipinski definition) is 2. The van der Waals surface area contributed by atoms with Crippen LogP contribution in [0.5, 0.6) is 0 Å². The first-order valence-corrected chi connectivity index (χ1v) is 6.87. The molecular formula is C12H19NOS. The van der Waals surface area contributed by atoms with Gasteiger partial charge in [-0.2, -0.15) is 0 Å². The summed E-state index contributed by atoms with van der Waals surface area (Å²) < 4.78 is 11.6. The second-order valence-electron chi connectivity index (χ2n) is 3.62. The molecular weight excluding hydrogens is 206 g/mol. The summed E-state index contributed by atoms with van der Waals surface area (Å²) in [7, 11) is 1.13. The van der Waals surface area contributed by atoms with Gasteiger partial charge in [-0.1, -0.05) is 37.3 Å². The molecule has 0 spiro atoms. The van der Waals surface area contributed by atoms with E-state index in [1.54, 1.807) is 6.26 Å². The Morgan fingerprint density at radius 3 is 2.33 bits per heavy atom. The molecule has 0 saturated heterocycles. The lowest BCUT2D eigenvalue weighted by molar-refractivity contribution is 0.540. The standard InChI is InChI=1S/C12H19NOS/c1-4-11(15(3)14)12(13-2)10-8-6-5-7-9-10/h5-9,11-13H,4H2,1-3H3. The summed E-state index contributed by atoms with van der Waals surface area (Å²) in [6.07, 6.45) is 2.70. The van der Waals surface area contributed by atoms with Crippen molar-refractivity contribution in [1.29, 1.82) is 0 Å². The predicted octanol–water partition coefficient (Wildman–Crippen LogP) is 2.10. The van der Waals surface area contributed by atoms with Gasteiger partial charge in [-0.25, -0.2) is 0 Å². The summed E-state index contributed by atoms with van der Waals surface area (Å²) in [5.74, 6) is 0. The molecule has 15 heavy (non-hydrogen) atoms. The van der Waals surface area contributed by atoms with Crippen molar-refractivity contribution in [2.45, 2.75) is 24.6 Å². The summed E-state index contributed by atoms with van der Waals surface area (Å²) in [6.45, 7) is 2.08. The maximum absolute atomic E-state index is 11.6. The molecule has 3 atom stereocenters. The van der Waals surface area contributed by atoms with Gasteiger partial charge in [0.25, 0.3) is 0 Å². The minimum absolute atomic E-state index is 0.178. The van der Waals surface area contributed by atoms with E-state index in [0.717, 1.165) is 6.42 Å². The smallest absolute Gasteiger partial charge is 0.0537 e. The monoisotopic (exact) mass is 225 g/mol. The molecule has 0 aliphatic heterocycles. The van der Waals surface area contributed by atoms with Crippen LogP contribution in [0.4, 0.5) is 0 Å². The fourth-order valence-electron chi connectivity index (χ4n) is 1.89. The lowest BCUT2D eigenvalue weighted by Crippen LogP contribution is -2.31. The topological polar surface area (TPSA) is 29.1 Å². The van der Waals surface area contributed by atoms with Crippen molar-refractivity contribution in [2.24, 2.45) is 0 Å². The molecule has 0 aliphatic carbocycles. The first-order valence-electron chi connectivity index (χ1n) is 5.25. The third-order valence-electron chi connectivity index (χ3n) is 2.67. The highest BCUT2D eigenvalue weighted by molar-refractivity contribution is 7.84. The average molecular weight is 225 g/mol. The van der Waals surface area contributed by atoms with Crippen LogP contribution >= 0.6 is 0 Å². The molecule has 0 aromatic heterocycles. The second-order valence-corrected chi connectivity index (χ2v) is 5.23. The Balaban J connectivity index is 2.92. The van der Waals surface area contributed by atoms with E-state index in [0.29, 0.717) is 0 Å². The predicted molar refractivity (Wildman–Crippen MR) is 66.4 cm³/mol. The van der Waals surface area contributed by atoms with E-state index in [9.17, 15) is 4.21 Å². The zero-order chi connectivity index (χ0) is 11.3. The summed E-state index contributed by atoms with van der Waals surface area (Å²) >= 11 is 0. The van der Waals surface area contributed by atoms with Gasteiger partial charge in [0.2, 0.25) is 0 Å². The first kappa shape index (κ1) is 12.4. The van der Waals surface area contributed by atoms with Crippen molar-refractivity contribution in [1.82, 2.24) is 5.32 Å². The molecule has 0 heterocycles. The van der Waals surface area contributed by atoms with Crippen molar-refractivity contribution in [3.8, 4) is 0 Å². The van der Waals surface area contributed by atoms with Crippen LogP contribution in [-0.4, -0.2) is 22.8 Å². The first-order chi connectivity index (χ1) is 7.20. The Morgan fingerprint density at radius 2 is 1.93 bits per heavy atom. The Kier molecular flexibility index (Phi) is 4.99. The van der Waals surface area contributed by atoms with Crippen molar-refractivity contribution < 1.29 is 4.21 Å². The Labute approximate surface area is 94.5 Å². The third kappa shape index (κ3) is 3.14. The molecule has 0 aliphatic rings. The van der Waals surface area contributed by atoms with Crippen LogP contribution in [-0.2, 0) is 10.8 Å². The second kappa shape index (κ2) is 6.03. The van der Waals surface area contributed by atoms with E-state index < -0.39 is 10.8 Å². The van der Waals surface area contributed by atoms with Crippen LogP contribution in [0.2, 0.25) is 0 Å². The zero-order valence-corrected chi connectivity index (χ0v) is 10.4. The van der Waals surface area contributed by atoms with E-state index in [2.05, 4.69) is 24.4 Å². The molecule has 3 heteroatoms. The van der Waals surface area contributed by atoms with Crippen molar-refractivity contribution >= 4 is 10.8 Å². The third-order valence-corrected chi connectivity index (χ3v) is 4.13. The molecule has 0 bridgehead atoms. The molecule has 0 radical (unpaired) electrons. The zero-order valence-electron chi connectivity index (χ0n) is 9.57. The molecule has 1 N–H and O–H groups in total. The summed E-state index contributed by atoms with van der Waals surface area (Å²) in [4.78, 5) is 0. The van der Waals surface area contributed by atoms with Crippen LogP contribution in [0.3, 0.4) is 0 Å². The lowest BCUT2D eigenvalue weighted by atomic mass is 10.0. The number of nitrogens with one attached hydrogen (secondary N) is 1. The number of benzene rings is 1. The van der Waals surface area contributed by atoms with Gasteiger partial charge in [0.05, 0.1) is 5.25 Å². The Hall–Kier alpha value is -0.670. The van der Waals surface area contributed by atoms with Gasteiger partial charge < -0.3 is 5.32 Å². The largest absolute Gasteiger partial charge is 0.312 e. The van der Waals surface area contributed by atoms with Gasteiger partial charge >= 0.3 is 0 Å². The van der Waals surface area contributed by atoms with E-state index in [1.807, 2.05) is 25.2 Å². The molecule has 0 amide bonds. The van der Waals surface area contributed by atoms with Crippen molar-refractivity contribution in [3.63, 3.8) is 0 Å². The van der Waals surface area contributed by atoms with Gasteiger partial charge in [0, 0.05) is 23.1 Å². The van der Waals surface area contributed by atoms with Gasteiger partial charge in [-0.05, 0) is 19.0 Å². The molecule has 84 valence electrons. The highest BCUT2D eigenvalue weighted by atomic mass is 32.2.